The Morgan fingerprint density at radius 3 is 2.81 bits per heavy atom. The second-order valence-electron chi connectivity index (χ2n) is 7.79. The maximum atomic E-state index is 15.0. The van der Waals surface area contributed by atoms with Crippen molar-refractivity contribution in [2.45, 2.75) is 50.6 Å². The minimum Gasteiger partial charge on any atom is -0.464 e. The summed E-state index contributed by atoms with van der Waals surface area (Å²) in [5.41, 5.74) is -0.436. The van der Waals surface area contributed by atoms with Gasteiger partial charge in [0.25, 0.3) is 0 Å². The fourth-order valence-corrected chi connectivity index (χ4v) is 4.44. The largest absolute Gasteiger partial charge is 0.464 e. The van der Waals surface area contributed by atoms with Crippen molar-refractivity contribution < 1.29 is 13.9 Å². The molecule has 1 spiro atoms. The zero-order chi connectivity index (χ0) is 18.5. The normalized spacial score (nSPS) is 30.5. The molecule has 2 heterocycles. The van der Waals surface area contributed by atoms with Gasteiger partial charge in [-0.05, 0) is 32.6 Å². The lowest BCUT2D eigenvalue weighted by Crippen LogP contribution is -2.30. The van der Waals surface area contributed by atoms with Crippen LogP contribution in [-0.2, 0) is 9.53 Å². The monoisotopic (exact) mass is 360 g/mol. The van der Waals surface area contributed by atoms with E-state index < -0.39 is 17.1 Å². The Hall–Kier alpha value is -2.18. The van der Waals surface area contributed by atoms with Crippen LogP contribution in [0.5, 0.6) is 0 Å². The molecule has 2 saturated carbocycles. The third-order valence-electron chi connectivity index (χ3n) is 6.08. The summed E-state index contributed by atoms with van der Waals surface area (Å²) in [6, 6.07) is 3.97. The highest BCUT2D eigenvalue weighted by atomic mass is 19.1. The van der Waals surface area contributed by atoms with Crippen molar-refractivity contribution in [1.82, 2.24) is 14.6 Å². The molecule has 2 fully saturated rings. The second-order valence-corrected chi connectivity index (χ2v) is 7.79. The minimum atomic E-state index is -1.77. The predicted octanol–water partition coefficient (Wildman–Crippen LogP) is 3.11. The lowest BCUT2D eigenvalue weighted by atomic mass is 9.76. The average Bonchev–Trinajstić information content (AvgIpc) is 2.97. The third-order valence-corrected chi connectivity index (χ3v) is 6.08. The van der Waals surface area contributed by atoms with E-state index in [1.54, 1.807) is 13.1 Å². The fraction of sp³-hybridized carbons (Fsp3) is 0.632. The number of alkyl halides is 1. The van der Waals surface area contributed by atoms with Crippen LogP contribution in [0.1, 0.15) is 50.6 Å². The number of anilines is 1. The number of rotatable bonds is 4. The molecule has 7 heteroatoms. The fourth-order valence-electron chi connectivity index (χ4n) is 4.44. The average molecular weight is 360 g/mol. The Balaban J connectivity index is 1.53. The summed E-state index contributed by atoms with van der Waals surface area (Å²) in [5.74, 6) is 0.589. The molecule has 0 saturated heterocycles. The molecule has 0 N–H and O–H groups in total. The van der Waals surface area contributed by atoms with Crippen molar-refractivity contribution in [2.24, 2.45) is 5.41 Å². The molecule has 26 heavy (non-hydrogen) atoms. The molecule has 6 nitrogen and oxygen atoms in total. The quantitative estimate of drug-likeness (QED) is 0.784. The first-order valence-electron chi connectivity index (χ1n) is 9.28. The lowest BCUT2D eigenvalue weighted by molar-refractivity contribution is -0.153. The van der Waals surface area contributed by atoms with Crippen molar-refractivity contribution in [3.63, 3.8) is 0 Å². The summed E-state index contributed by atoms with van der Waals surface area (Å²) in [7, 11) is 3.97. The van der Waals surface area contributed by atoms with E-state index in [0.29, 0.717) is 19.3 Å². The van der Waals surface area contributed by atoms with Gasteiger partial charge >= 0.3 is 5.97 Å². The standard InChI is InChI=1S/C19H25FN4O2/c1-4-26-17(25)19(20)12-18(19)8-5-13(6-9-18)14-11-16(23(2)3)24-15(22-14)7-10-21-24/h7,10-11,13H,4-6,8-9,12H2,1-3H3. The Morgan fingerprint density at radius 1 is 1.42 bits per heavy atom. The SMILES string of the molecule is CCOC(=O)C1(F)CC12CCC(c1cc(N(C)C)n3nccc3n1)CC2. The van der Waals surface area contributed by atoms with Gasteiger partial charge in [-0.15, -0.1) is 0 Å². The molecule has 0 aliphatic heterocycles. The Morgan fingerprint density at radius 2 is 2.15 bits per heavy atom. The van der Waals surface area contributed by atoms with Crippen LogP contribution in [0.25, 0.3) is 5.65 Å². The molecule has 2 aromatic heterocycles. The molecule has 4 rings (SSSR count). The van der Waals surface area contributed by atoms with Crippen LogP contribution in [0.2, 0.25) is 0 Å². The van der Waals surface area contributed by atoms with Crippen LogP contribution in [0.15, 0.2) is 18.3 Å². The molecule has 2 aromatic rings. The van der Waals surface area contributed by atoms with E-state index in [2.05, 4.69) is 11.2 Å². The summed E-state index contributed by atoms with van der Waals surface area (Å²) in [6.45, 7) is 1.94. The van der Waals surface area contributed by atoms with Crippen LogP contribution in [0, 0.1) is 5.41 Å². The highest BCUT2D eigenvalue weighted by molar-refractivity contribution is 5.85. The van der Waals surface area contributed by atoms with E-state index in [0.717, 1.165) is 30.0 Å². The van der Waals surface area contributed by atoms with Gasteiger partial charge in [0.15, 0.2) is 5.65 Å². The maximum Gasteiger partial charge on any atom is 0.344 e. The molecule has 0 aromatic carbocycles. The first kappa shape index (κ1) is 17.2. The van der Waals surface area contributed by atoms with Gasteiger partial charge in [-0.25, -0.2) is 14.2 Å². The van der Waals surface area contributed by atoms with Crippen molar-refractivity contribution in [2.75, 3.05) is 25.6 Å². The maximum absolute atomic E-state index is 15.0. The van der Waals surface area contributed by atoms with E-state index in [-0.39, 0.29) is 12.5 Å². The molecule has 1 unspecified atom stereocenters. The van der Waals surface area contributed by atoms with Gasteiger partial charge in [-0.1, -0.05) is 0 Å². The lowest BCUT2D eigenvalue weighted by Gasteiger charge is -2.30. The molecular formula is C19H25FN4O2. The summed E-state index contributed by atoms with van der Waals surface area (Å²) in [4.78, 5) is 18.7. The van der Waals surface area contributed by atoms with Gasteiger partial charge < -0.3 is 9.64 Å². The molecule has 0 radical (unpaired) electrons. The Labute approximate surface area is 152 Å². The van der Waals surface area contributed by atoms with Crippen LogP contribution in [0.3, 0.4) is 0 Å². The van der Waals surface area contributed by atoms with Gasteiger partial charge in [0.2, 0.25) is 5.67 Å². The molecule has 1 atom stereocenters. The molecule has 0 bridgehead atoms. The van der Waals surface area contributed by atoms with E-state index >= 15 is 0 Å². The Bertz CT molecular complexity index is 841. The zero-order valence-corrected chi connectivity index (χ0v) is 15.5. The van der Waals surface area contributed by atoms with E-state index in [9.17, 15) is 9.18 Å². The number of carbonyl (C=O) groups excluding carboxylic acids is 1. The molecule has 2 aliphatic carbocycles. The molecule has 140 valence electrons. The topological polar surface area (TPSA) is 59.7 Å². The summed E-state index contributed by atoms with van der Waals surface area (Å²) >= 11 is 0. The van der Waals surface area contributed by atoms with Gasteiger partial charge in [0.05, 0.1) is 12.8 Å². The number of nitrogens with zero attached hydrogens (tertiary/aromatic N) is 4. The van der Waals surface area contributed by atoms with Crippen molar-refractivity contribution >= 4 is 17.4 Å². The molecular weight excluding hydrogens is 335 g/mol. The smallest absolute Gasteiger partial charge is 0.344 e. The molecule has 2 aliphatic rings. The number of aromatic nitrogens is 3. The number of carbonyl (C=O) groups is 1. The van der Waals surface area contributed by atoms with Gasteiger partial charge in [0, 0.05) is 49.7 Å². The van der Waals surface area contributed by atoms with E-state index in [1.807, 2.05) is 29.6 Å². The number of esters is 1. The predicted molar refractivity (Wildman–Crippen MR) is 96.0 cm³/mol. The van der Waals surface area contributed by atoms with E-state index in [4.69, 9.17) is 9.72 Å². The van der Waals surface area contributed by atoms with Crippen LogP contribution < -0.4 is 4.90 Å². The van der Waals surface area contributed by atoms with Gasteiger partial charge in [-0.2, -0.15) is 9.61 Å². The van der Waals surface area contributed by atoms with Gasteiger partial charge in [0.1, 0.15) is 5.82 Å². The number of halogens is 1. The summed E-state index contributed by atoms with van der Waals surface area (Å²) in [5, 5.41) is 4.33. The molecule has 0 amide bonds. The van der Waals surface area contributed by atoms with Crippen LogP contribution >= 0.6 is 0 Å². The first-order valence-corrected chi connectivity index (χ1v) is 9.28. The second kappa shape index (κ2) is 5.93. The van der Waals surface area contributed by atoms with Crippen LogP contribution in [-0.4, -0.2) is 46.9 Å². The van der Waals surface area contributed by atoms with Crippen molar-refractivity contribution in [3.8, 4) is 0 Å². The van der Waals surface area contributed by atoms with Gasteiger partial charge in [-0.3, -0.25) is 0 Å². The third kappa shape index (κ3) is 2.47. The highest BCUT2D eigenvalue weighted by Crippen LogP contribution is 2.68. The van der Waals surface area contributed by atoms with Crippen molar-refractivity contribution in [1.29, 1.82) is 0 Å². The number of hydrogen-bond donors (Lipinski definition) is 0. The first-order chi connectivity index (χ1) is 12.4. The zero-order valence-electron chi connectivity index (χ0n) is 15.5. The summed E-state index contributed by atoms with van der Waals surface area (Å²) < 4.78 is 21.7. The number of ether oxygens (including phenoxy) is 1. The number of fused-ring (bicyclic) bond motifs is 1. The Kier molecular flexibility index (Phi) is 3.93. The highest BCUT2D eigenvalue weighted by Gasteiger charge is 2.74. The summed E-state index contributed by atoms with van der Waals surface area (Å²) in [6.07, 6.45) is 5.15. The van der Waals surface area contributed by atoms with E-state index in [1.165, 1.54) is 0 Å². The number of hydrogen-bond acceptors (Lipinski definition) is 5. The van der Waals surface area contributed by atoms with Crippen molar-refractivity contribution in [3.05, 3.63) is 24.0 Å². The minimum absolute atomic E-state index is 0.228. The van der Waals surface area contributed by atoms with Crippen LogP contribution in [0.4, 0.5) is 10.2 Å².